The Bertz CT molecular complexity index is 2300. The number of benzene rings is 2. The third-order valence-corrected chi connectivity index (χ3v) is 11.7. The molecule has 0 saturated heterocycles. The Labute approximate surface area is 383 Å². The lowest BCUT2D eigenvalue weighted by Crippen LogP contribution is -2.45. The molecule has 3 amide bonds. The number of H-pyrrole nitrogens is 1. The standard InChI is InChI=1S/C44H49N7O12S2/c1-6-17-51(24-28-8-13-34-32(23-28)41(58)50-44(45)49-34)30-11-9-29(10-12-30)40(57)48-35(43(61)62)14-15-37(54)63-18-20-65-64-19-16-31(52)21-25(3)38(55)46-27(5)36(53)22-26(4)39(56)47-33(7-2)42(59)60/h1,3-5,8-13,23,25-27,33,35H,7,14-22,24H2,2H3,(H,46,55)(H,47,56)(H,48,57)(H,59,60)(H,61,62)(H3,45,49,50,58)/t25-,26-,27+,33+,35?/m1/s1. The molecular formula is C44H49N7O12S2. The number of anilines is 2. The summed E-state index contributed by atoms with van der Waals surface area (Å²) in [7, 11) is 2.60. The van der Waals surface area contributed by atoms with Gasteiger partial charge in [0.2, 0.25) is 17.8 Å². The molecule has 3 aromatic rings. The summed E-state index contributed by atoms with van der Waals surface area (Å²) >= 11 is 0. The van der Waals surface area contributed by atoms with Crippen molar-refractivity contribution < 1.29 is 53.3 Å². The summed E-state index contributed by atoms with van der Waals surface area (Å²) < 4.78 is 5.17. The van der Waals surface area contributed by atoms with E-state index in [4.69, 9.17) is 42.8 Å². The van der Waals surface area contributed by atoms with Crippen LogP contribution in [0.25, 0.3) is 10.9 Å². The maximum Gasteiger partial charge on any atom is 0.326 e. The summed E-state index contributed by atoms with van der Waals surface area (Å²) in [4.78, 5) is 118. The van der Waals surface area contributed by atoms with Crippen LogP contribution in [0.1, 0.15) is 61.4 Å². The van der Waals surface area contributed by atoms with Crippen molar-refractivity contribution in [3.8, 4) is 12.3 Å². The molecule has 5 atom stereocenters. The average Bonchev–Trinajstić information content (AvgIpc) is 3.26. The zero-order chi connectivity index (χ0) is 48.2. The molecule has 6 radical (unpaired) electrons. The summed E-state index contributed by atoms with van der Waals surface area (Å²) in [6.07, 6.45) is 4.27. The van der Waals surface area contributed by atoms with E-state index in [-0.39, 0.29) is 68.1 Å². The SMILES string of the molecule is [CH][C@H](CC(=O)CCSSCCOC(=O)CCC(NC(=O)c1ccc(N(CC#C)Cc2ccc3nc(N)[nH]c(=O)c3c2)cc1)C(=O)O)C(=O)N[C@@H]([CH])C(=O)C[C@@H]([CH])C(=O)N[C@@H](CC)C(=O)O. The zero-order valence-corrected chi connectivity index (χ0v) is 36.9. The number of amides is 3. The number of carboxylic acid groups (broad SMARTS) is 2. The van der Waals surface area contributed by atoms with Gasteiger partial charge in [0.1, 0.15) is 24.5 Å². The van der Waals surface area contributed by atoms with Crippen molar-refractivity contribution in [2.45, 2.75) is 70.1 Å². The van der Waals surface area contributed by atoms with Gasteiger partial charge in [-0.25, -0.2) is 14.6 Å². The van der Waals surface area contributed by atoms with Crippen LogP contribution in [0.3, 0.4) is 0 Å². The molecule has 2 aromatic carbocycles. The molecule has 0 aliphatic rings. The number of carbonyl (C=O) groups is 8. The minimum Gasteiger partial charge on any atom is -0.480 e. The van der Waals surface area contributed by atoms with Gasteiger partial charge < -0.3 is 41.5 Å². The molecule has 344 valence electrons. The number of nitrogen functional groups attached to an aromatic ring is 1. The van der Waals surface area contributed by atoms with E-state index >= 15 is 0 Å². The van der Waals surface area contributed by atoms with Crippen LogP contribution in [0.4, 0.5) is 11.6 Å². The highest BCUT2D eigenvalue weighted by Crippen LogP contribution is 2.23. The molecule has 1 heterocycles. The van der Waals surface area contributed by atoms with E-state index in [0.29, 0.717) is 34.6 Å². The largest absolute Gasteiger partial charge is 0.480 e. The Hall–Kier alpha value is -6.40. The van der Waals surface area contributed by atoms with Crippen molar-refractivity contribution in [3.63, 3.8) is 0 Å². The molecular weight excluding hydrogens is 883 g/mol. The number of esters is 1. The van der Waals surface area contributed by atoms with Gasteiger partial charge >= 0.3 is 17.9 Å². The fourth-order valence-electron chi connectivity index (χ4n) is 5.83. The minimum atomic E-state index is -1.58. The monoisotopic (exact) mass is 931 g/mol. The molecule has 19 nitrogen and oxygen atoms in total. The van der Waals surface area contributed by atoms with Crippen LogP contribution in [0.15, 0.2) is 47.3 Å². The van der Waals surface area contributed by atoms with Crippen LogP contribution in [0.5, 0.6) is 0 Å². The number of aliphatic carboxylic acids is 2. The first-order valence-electron chi connectivity index (χ1n) is 20.0. The summed E-state index contributed by atoms with van der Waals surface area (Å²) in [5.41, 5.74) is 7.27. The van der Waals surface area contributed by atoms with E-state index in [1.807, 2.05) is 4.90 Å². The number of aromatic amines is 1. The summed E-state index contributed by atoms with van der Waals surface area (Å²) in [6, 6.07) is 7.29. The second-order valence-electron chi connectivity index (χ2n) is 14.3. The smallest absolute Gasteiger partial charge is 0.326 e. The third-order valence-electron chi connectivity index (χ3n) is 9.37. The van der Waals surface area contributed by atoms with Crippen molar-refractivity contribution in [1.82, 2.24) is 25.9 Å². The van der Waals surface area contributed by atoms with Crippen molar-refractivity contribution >= 4 is 91.3 Å². The number of Topliss-reactive ketones (excluding diaryl/α,β-unsaturated/α-hetero) is 2. The van der Waals surface area contributed by atoms with Gasteiger partial charge in [0.15, 0.2) is 5.78 Å². The van der Waals surface area contributed by atoms with Crippen molar-refractivity contribution in [2.24, 2.45) is 11.8 Å². The van der Waals surface area contributed by atoms with E-state index in [2.05, 4.69) is 31.8 Å². The summed E-state index contributed by atoms with van der Waals surface area (Å²) in [5, 5.41) is 25.9. The van der Waals surface area contributed by atoms with E-state index in [1.54, 1.807) is 30.3 Å². The van der Waals surface area contributed by atoms with Gasteiger partial charge in [0, 0.05) is 66.8 Å². The quantitative estimate of drug-likeness (QED) is 0.0238. The summed E-state index contributed by atoms with van der Waals surface area (Å²) in [5.74, 6) is -6.38. The molecule has 21 heteroatoms. The van der Waals surface area contributed by atoms with Crippen molar-refractivity contribution in [1.29, 1.82) is 0 Å². The highest BCUT2D eigenvalue weighted by molar-refractivity contribution is 8.76. The lowest BCUT2D eigenvalue weighted by Gasteiger charge is -2.23. The molecule has 8 N–H and O–H groups in total. The lowest BCUT2D eigenvalue weighted by atomic mass is 9.98. The van der Waals surface area contributed by atoms with Gasteiger partial charge in [-0.05, 0) is 75.6 Å². The van der Waals surface area contributed by atoms with Gasteiger partial charge in [-0.2, -0.15) is 0 Å². The highest BCUT2D eigenvalue weighted by atomic mass is 33.1. The number of nitrogens with one attached hydrogen (secondary N) is 4. The number of hydrogen-bond acceptors (Lipinski definition) is 15. The Kier molecular flexibility index (Phi) is 21.5. The van der Waals surface area contributed by atoms with Gasteiger partial charge in [0.25, 0.3) is 11.5 Å². The number of fused-ring (bicyclic) bond motifs is 1. The number of carboxylic acids is 2. The van der Waals surface area contributed by atoms with Crippen LogP contribution in [0.2, 0.25) is 0 Å². The minimum absolute atomic E-state index is 0.00437. The number of nitrogens with two attached hydrogens (primary N) is 1. The van der Waals surface area contributed by atoms with Crippen molar-refractivity contribution in [3.05, 3.63) is 84.7 Å². The van der Waals surface area contributed by atoms with Crippen LogP contribution >= 0.6 is 21.6 Å². The number of hydrogen-bond donors (Lipinski definition) is 7. The number of rotatable bonds is 28. The Morgan fingerprint density at radius 1 is 0.877 bits per heavy atom. The molecule has 0 bridgehead atoms. The first-order valence-corrected chi connectivity index (χ1v) is 22.5. The Morgan fingerprint density at radius 2 is 1.52 bits per heavy atom. The normalized spacial score (nSPS) is 13.2. The third kappa shape index (κ3) is 17.6. The average molecular weight is 932 g/mol. The molecule has 0 aliphatic heterocycles. The Morgan fingerprint density at radius 3 is 2.17 bits per heavy atom. The molecule has 0 saturated carbocycles. The fraction of sp³-hybridized carbons (Fsp3) is 0.386. The number of ether oxygens (including phenoxy) is 1. The molecule has 0 aliphatic carbocycles. The Balaban J connectivity index is 1.33. The van der Waals surface area contributed by atoms with E-state index in [0.717, 1.165) is 5.56 Å². The number of aromatic nitrogens is 2. The van der Waals surface area contributed by atoms with Crippen LogP contribution in [0, 0.1) is 45.0 Å². The first kappa shape index (κ1) is 52.9. The fourth-order valence-corrected chi connectivity index (χ4v) is 7.68. The van der Waals surface area contributed by atoms with Crippen LogP contribution in [-0.4, -0.2) is 110 Å². The van der Waals surface area contributed by atoms with Gasteiger partial charge in [-0.3, -0.25) is 38.5 Å². The van der Waals surface area contributed by atoms with Crippen molar-refractivity contribution in [2.75, 3.05) is 35.3 Å². The second kappa shape index (κ2) is 26.4. The maximum atomic E-state index is 13.0. The number of terminal acetylenes is 1. The van der Waals surface area contributed by atoms with Gasteiger partial charge in [-0.1, -0.05) is 40.5 Å². The predicted molar refractivity (Wildman–Crippen MR) is 243 cm³/mol. The zero-order valence-electron chi connectivity index (χ0n) is 35.3. The van der Waals surface area contributed by atoms with Crippen LogP contribution in [-0.2, 0) is 44.8 Å². The molecule has 65 heavy (non-hydrogen) atoms. The van der Waals surface area contributed by atoms with E-state index < -0.39 is 77.8 Å². The predicted octanol–water partition coefficient (Wildman–Crippen LogP) is 2.17. The van der Waals surface area contributed by atoms with Gasteiger partial charge in [-0.15, -0.1) is 6.42 Å². The lowest BCUT2D eigenvalue weighted by molar-refractivity contribution is -0.144. The number of ketones is 2. The highest BCUT2D eigenvalue weighted by Gasteiger charge is 2.27. The first-order chi connectivity index (χ1) is 30.8. The van der Waals surface area contributed by atoms with Gasteiger partial charge in [0.05, 0.1) is 23.5 Å². The number of nitrogens with zero attached hydrogens (tertiary/aromatic N) is 2. The topological polar surface area (TPSA) is 297 Å². The molecule has 3 rings (SSSR count). The maximum absolute atomic E-state index is 13.0. The van der Waals surface area contributed by atoms with E-state index in [1.165, 1.54) is 40.6 Å². The molecule has 1 unspecified atom stereocenters. The second-order valence-corrected chi connectivity index (χ2v) is 17.0. The number of carbonyl (C=O) groups excluding carboxylic acids is 6. The molecule has 0 fully saturated rings. The molecule has 1 aromatic heterocycles. The molecule has 0 spiro atoms. The van der Waals surface area contributed by atoms with Crippen LogP contribution < -0.4 is 32.1 Å². The summed E-state index contributed by atoms with van der Waals surface area (Å²) in [6.45, 7) is 19.2. The van der Waals surface area contributed by atoms with E-state index in [9.17, 15) is 48.3 Å².